The molecule has 0 aromatic heterocycles. The Hall–Kier alpha value is -1.55. The minimum atomic E-state index is -5.88. The highest BCUT2D eigenvalue weighted by molar-refractivity contribution is 7.86. The van der Waals surface area contributed by atoms with Crippen LogP contribution in [0.4, 0.5) is 8.78 Å². The zero-order valence-electron chi connectivity index (χ0n) is 9.63. The minimum Gasteiger partial charge on any atom is -0.743 e. The number of carbonyl (C=O) groups excluding carboxylic acids is 2. The van der Waals surface area contributed by atoms with Crippen molar-refractivity contribution in [3.8, 4) is 0 Å². The molecule has 0 aliphatic heterocycles. The topological polar surface area (TPSA) is 110 Å². The number of esters is 2. The fraction of sp³-hybridized carbons (Fsp3) is 0.556. The average molecular weight is 301 g/mol. The number of rotatable bonds is 8. The van der Waals surface area contributed by atoms with Gasteiger partial charge in [-0.3, -0.25) is 4.79 Å². The quantitative estimate of drug-likeness (QED) is 0.272. The van der Waals surface area contributed by atoms with Gasteiger partial charge in [-0.15, -0.1) is 0 Å². The van der Waals surface area contributed by atoms with Crippen LogP contribution in [0.3, 0.4) is 0 Å². The molecule has 0 bridgehead atoms. The second-order valence-electron chi connectivity index (χ2n) is 3.23. The minimum absolute atomic E-state index is 0.00584. The highest BCUT2D eigenvalue weighted by Crippen LogP contribution is 2.20. The van der Waals surface area contributed by atoms with Gasteiger partial charge < -0.3 is 14.0 Å². The summed E-state index contributed by atoms with van der Waals surface area (Å²) in [6, 6.07) is 0. The fourth-order valence-electron chi connectivity index (χ4n) is 0.757. The normalized spacial score (nSPS) is 11.7. The Morgan fingerprint density at radius 3 is 2.37 bits per heavy atom. The van der Waals surface area contributed by atoms with Gasteiger partial charge in [0.15, 0.2) is 16.7 Å². The Bertz CT molecular complexity index is 443. The van der Waals surface area contributed by atoms with Gasteiger partial charge in [0.2, 0.25) is 0 Å². The molecule has 0 spiro atoms. The molecule has 0 aliphatic carbocycles. The smallest absolute Gasteiger partial charge is 0.367 e. The highest BCUT2D eigenvalue weighted by atomic mass is 32.2. The number of alkyl halides is 2. The van der Waals surface area contributed by atoms with Crippen LogP contribution in [0.25, 0.3) is 0 Å². The fourth-order valence-corrected chi connectivity index (χ4v) is 0.960. The van der Waals surface area contributed by atoms with Crippen molar-refractivity contribution in [1.82, 2.24) is 0 Å². The van der Waals surface area contributed by atoms with E-state index in [1.807, 2.05) is 0 Å². The summed E-state index contributed by atoms with van der Waals surface area (Å²) in [5.41, 5.74) is 0. The summed E-state index contributed by atoms with van der Waals surface area (Å²) in [6.45, 7) is 1.12. The third-order valence-electron chi connectivity index (χ3n) is 1.70. The summed E-state index contributed by atoms with van der Waals surface area (Å²) in [4.78, 5) is 21.5. The van der Waals surface area contributed by atoms with Gasteiger partial charge in [-0.2, -0.15) is 8.78 Å². The van der Waals surface area contributed by atoms with Crippen LogP contribution < -0.4 is 0 Å². The van der Waals surface area contributed by atoms with Gasteiger partial charge >= 0.3 is 17.2 Å². The number of hydrogen-bond donors (Lipinski definition) is 0. The van der Waals surface area contributed by atoms with E-state index in [1.54, 1.807) is 0 Å². The first-order valence-corrected chi connectivity index (χ1v) is 6.29. The summed E-state index contributed by atoms with van der Waals surface area (Å²) < 4.78 is 63.8. The van der Waals surface area contributed by atoms with E-state index in [0.29, 0.717) is 0 Å². The lowest BCUT2D eigenvalue weighted by molar-refractivity contribution is -0.150. The van der Waals surface area contributed by atoms with Crippen molar-refractivity contribution in [3.63, 3.8) is 0 Å². The molecule has 0 fully saturated rings. The van der Waals surface area contributed by atoms with Crippen LogP contribution in [-0.2, 0) is 29.2 Å². The van der Waals surface area contributed by atoms with Crippen LogP contribution in [0.15, 0.2) is 12.7 Å². The molecule has 0 heterocycles. The Morgan fingerprint density at radius 2 is 1.89 bits per heavy atom. The van der Waals surface area contributed by atoms with E-state index in [1.165, 1.54) is 0 Å². The van der Waals surface area contributed by atoms with Crippen LogP contribution >= 0.6 is 0 Å². The van der Waals surface area contributed by atoms with Gasteiger partial charge in [-0.1, -0.05) is 6.58 Å². The standard InChI is InChI=1S/C9H12F2O7S/c1-2-7(12)17-5-3-4-8(13)18-6-9(10,11)19(14,15)16/h2H,1,3-6H2,(H,14,15,16)/p-1. The Kier molecular flexibility index (Phi) is 6.56. The molecule has 0 amide bonds. The van der Waals surface area contributed by atoms with Gasteiger partial charge in [-0.25, -0.2) is 13.2 Å². The molecule has 110 valence electrons. The predicted molar refractivity (Wildman–Crippen MR) is 56.0 cm³/mol. The first-order valence-electron chi connectivity index (χ1n) is 4.88. The molecule has 0 aliphatic rings. The van der Waals surface area contributed by atoms with Crippen molar-refractivity contribution >= 4 is 22.1 Å². The molecule has 0 saturated carbocycles. The first kappa shape index (κ1) is 17.4. The summed E-state index contributed by atoms with van der Waals surface area (Å²) in [6.07, 6.45) is 0.519. The number of halogens is 2. The van der Waals surface area contributed by atoms with Crippen LogP contribution in [0.1, 0.15) is 12.8 Å². The van der Waals surface area contributed by atoms with Gasteiger partial charge in [0, 0.05) is 12.5 Å². The van der Waals surface area contributed by atoms with Crippen molar-refractivity contribution in [2.45, 2.75) is 18.1 Å². The summed E-state index contributed by atoms with van der Waals surface area (Å²) in [5, 5.41) is -4.67. The van der Waals surface area contributed by atoms with E-state index < -0.39 is 33.9 Å². The molecule has 0 rings (SSSR count). The number of hydrogen-bond acceptors (Lipinski definition) is 7. The van der Waals surface area contributed by atoms with Gasteiger partial charge in [0.25, 0.3) is 0 Å². The lowest BCUT2D eigenvalue weighted by Gasteiger charge is -2.19. The molecule has 0 aromatic carbocycles. The summed E-state index contributed by atoms with van der Waals surface area (Å²) in [5.74, 6) is -1.85. The molecular weight excluding hydrogens is 290 g/mol. The molecule has 0 atom stereocenters. The molecule has 0 aromatic rings. The zero-order chi connectivity index (χ0) is 15.1. The predicted octanol–water partition coefficient (Wildman–Crippen LogP) is 0.177. The molecular formula is C9H11F2O7S-. The molecule has 0 unspecified atom stereocenters. The average Bonchev–Trinajstić information content (AvgIpc) is 2.30. The van der Waals surface area contributed by atoms with Gasteiger partial charge in [0.1, 0.15) is 0 Å². The second-order valence-corrected chi connectivity index (χ2v) is 4.73. The Labute approximate surface area is 107 Å². The van der Waals surface area contributed by atoms with Crippen LogP contribution in [0, 0.1) is 0 Å². The SMILES string of the molecule is C=CC(=O)OCCCC(=O)OCC(F)(F)S(=O)(=O)[O-]. The van der Waals surface area contributed by atoms with E-state index in [0.717, 1.165) is 6.08 Å². The van der Waals surface area contributed by atoms with E-state index in [2.05, 4.69) is 16.1 Å². The lowest BCUT2D eigenvalue weighted by Crippen LogP contribution is -2.34. The summed E-state index contributed by atoms with van der Waals surface area (Å²) >= 11 is 0. The molecule has 0 radical (unpaired) electrons. The van der Waals surface area contributed by atoms with E-state index in [4.69, 9.17) is 0 Å². The zero-order valence-corrected chi connectivity index (χ0v) is 10.5. The van der Waals surface area contributed by atoms with Crippen LogP contribution in [-0.4, -0.2) is 43.4 Å². The van der Waals surface area contributed by atoms with Crippen molar-refractivity contribution < 1.29 is 40.8 Å². The van der Waals surface area contributed by atoms with Gasteiger partial charge in [0.05, 0.1) is 6.61 Å². The van der Waals surface area contributed by atoms with Crippen molar-refractivity contribution in [2.24, 2.45) is 0 Å². The Morgan fingerprint density at radius 1 is 1.32 bits per heavy atom. The number of carbonyl (C=O) groups is 2. The van der Waals surface area contributed by atoms with E-state index in [9.17, 15) is 31.3 Å². The third kappa shape index (κ3) is 6.82. The third-order valence-corrected chi connectivity index (χ3v) is 2.55. The van der Waals surface area contributed by atoms with Crippen molar-refractivity contribution in [2.75, 3.05) is 13.2 Å². The van der Waals surface area contributed by atoms with E-state index in [-0.39, 0.29) is 19.4 Å². The maximum atomic E-state index is 12.6. The second kappa shape index (κ2) is 7.14. The van der Waals surface area contributed by atoms with Crippen molar-refractivity contribution in [3.05, 3.63) is 12.7 Å². The highest BCUT2D eigenvalue weighted by Gasteiger charge is 2.39. The molecule has 7 nitrogen and oxygen atoms in total. The maximum Gasteiger partial charge on any atom is 0.367 e. The largest absolute Gasteiger partial charge is 0.743 e. The number of ether oxygens (including phenoxy) is 2. The first-order chi connectivity index (χ1) is 8.60. The Balaban J connectivity index is 3.95. The monoisotopic (exact) mass is 301 g/mol. The molecule has 19 heavy (non-hydrogen) atoms. The summed E-state index contributed by atoms with van der Waals surface area (Å²) in [7, 11) is -5.88. The maximum absolute atomic E-state index is 12.6. The molecule has 0 saturated heterocycles. The van der Waals surface area contributed by atoms with Crippen LogP contribution in [0.5, 0.6) is 0 Å². The van der Waals surface area contributed by atoms with E-state index >= 15 is 0 Å². The molecule has 0 N–H and O–H groups in total. The van der Waals surface area contributed by atoms with Crippen molar-refractivity contribution in [1.29, 1.82) is 0 Å². The molecule has 10 heteroatoms. The van der Waals surface area contributed by atoms with Gasteiger partial charge in [-0.05, 0) is 6.42 Å². The van der Waals surface area contributed by atoms with Crippen LogP contribution in [0.2, 0.25) is 0 Å². The lowest BCUT2D eigenvalue weighted by atomic mass is 10.3.